The third-order valence-corrected chi connectivity index (χ3v) is 2.26. The maximum atomic E-state index is 3.88. The third kappa shape index (κ3) is 15.7. The van der Waals surface area contributed by atoms with Crippen molar-refractivity contribution in [1.82, 2.24) is 4.90 Å². The van der Waals surface area contributed by atoms with Crippen molar-refractivity contribution in [2.45, 2.75) is 94.2 Å². The Balaban J connectivity index is -0.000000141. The lowest BCUT2D eigenvalue weighted by atomic mass is 10.1. The minimum absolute atomic E-state index is 0.560. The van der Waals surface area contributed by atoms with Gasteiger partial charge < -0.3 is 0 Å². The van der Waals surface area contributed by atoms with E-state index in [2.05, 4.69) is 45.2 Å². The molecule has 0 rings (SSSR count). The fourth-order valence-electron chi connectivity index (χ4n) is 1.60. The molecule has 0 N–H and O–H groups in total. The first-order chi connectivity index (χ1) is 8.67. The van der Waals surface area contributed by atoms with Crippen LogP contribution in [0.15, 0.2) is 12.7 Å². The van der Waals surface area contributed by atoms with Crippen molar-refractivity contribution in [3.05, 3.63) is 12.7 Å². The van der Waals surface area contributed by atoms with Crippen molar-refractivity contribution in [2.24, 2.45) is 0 Å². The highest BCUT2D eigenvalue weighted by molar-refractivity contribution is 4.88. The van der Waals surface area contributed by atoms with Crippen molar-refractivity contribution < 1.29 is 0 Å². The molecule has 0 saturated heterocycles. The van der Waals surface area contributed by atoms with Gasteiger partial charge in [-0.3, -0.25) is 4.90 Å². The molecule has 0 fully saturated rings. The van der Waals surface area contributed by atoms with Gasteiger partial charge in [-0.1, -0.05) is 61.5 Å². The molecule has 1 heteroatoms. The van der Waals surface area contributed by atoms with Crippen LogP contribution in [-0.2, 0) is 0 Å². The zero-order chi connectivity index (χ0) is 15.6. The van der Waals surface area contributed by atoms with Crippen LogP contribution < -0.4 is 0 Å². The highest BCUT2D eigenvalue weighted by Crippen LogP contribution is 2.10. The van der Waals surface area contributed by atoms with Gasteiger partial charge in [0.2, 0.25) is 0 Å². The fraction of sp³-hybridized carbons (Fsp3) is 0.882. The lowest BCUT2D eigenvalue weighted by molar-refractivity contribution is 0.178. The summed E-state index contributed by atoms with van der Waals surface area (Å²) in [7, 11) is 0. The summed E-state index contributed by atoms with van der Waals surface area (Å²) in [5, 5.41) is 0. The Hall–Kier alpha value is -0.300. The predicted molar refractivity (Wildman–Crippen MR) is 90.5 cm³/mol. The minimum Gasteiger partial charge on any atom is -0.295 e. The second-order valence-electron chi connectivity index (χ2n) is 3.54. The fourth-order valence-corrected chi connectivity index (χ4v) is 1.60. The summed E-state index contributed by atoms with van der Waals surface area (Å²) >= 11 is 0. The van der Waals surface area contributed by atoms with Crippen molar-refractivity contribution in [2.75, 3.05) is 6.54 Å². The Morgan fingerprint density at radius 2 is 1.33 bits per heavy atom. The molecule has 0 saturated carbocycles. The van der Waals surface area contributed by atoms with Crippen molar-refractivity contribution in [3.8, 4) is 0 Å². The van der Waals surface area contributed by atoms with E-state index in [4.69, 9.17) is 0 Å². The molecule has 0 aromatic rings. The minimum atomic E-state index is 0.560. The number of hydrogen-bond donors (Lipinski definition) is 0. The Kier molecular flexibility index (Phi) is 37.3. The smallest absolute Gasteiger partial charge is 0.0275 e. The van der Waals surface area contributed by atoms with E-state index < -0.39 is 0 Å². The second-order valence-corrected chi connectivity index (χ2v) is 3.54. The number of nitrogens with zero attached hydrogens (tertiary/aromatic N) is 1. The Morgan fingerprint density at radius 1 is 0.944 bits per heavy atom. The third-order valence-electron chi connectivity index (χ3n) is 2.26. The monoisotopic (exact) mass is 259 g/mol. The van der Waals surface area contributed by atoms with Gasteiger partial charge in [-0.2, -0.15) is 0 Å². The second kappa shape index (κ2) is 25.5. The summed E-state index contributed by atoms with van der Waals surface area (Å²) in [6.07, 6.45) is 4.46. The highest BCUT2D eigenvalue weighted by Gasteiger charge is 2.14. The molecular weight excluding hydrogens is 218 g/mol. The summed E-state index contributed by atoms with van der Waals surface area (Å²) in [4.78, 5) is 2.51. The van der Waals surface area contributed by atoms with E-state index in [9.17, 15) is 0 Å². The van der Waals surface area contributed by atoms with E-state index in [1.165, 1.54) is 19.4 Å². The first-order valence-corrected chi connectivity index (χ1v) is 8.05. The van der Waals surface area contributed by atoms with Gasteiger partial charge in [0.05, 0.1) is 0 Å². The molecule has 0 amide bonds. The molecule has 1 atom stereocenters. The zero-order valence-electron chi connectivity index (χ0n) is 15.0. The van der Waals surface area contributed by atoms with Crippen LogP contribution in [0.5, 0.6) is 0 Å². The van der Waals surface area contributed by atoms with E-state index in [-0.39, 0.29) is 0 Å². The van der Waals surface area contributed by atoms with Gasteiger partial charge in [0.1, 0.15) is 0 Å². The summed E-state index contributed by atoms with van der Waals surface area (Å²) < 4.78 is 0. The molecule has 1 nitrogen and oxygen atoms in total. The molecule has 0 spiro atoms. The lowest BCUT2D eigenvalue weighted by Crippen LogP contribution is -2.39. The van der Waals surface area contributed by atoms with Crippen LogP contribution in [0.25, 0.3) is 0 Å². The van der Waals surface area contributed by atoms with Gasteiger partial charge in [0.15, 0.2) is 0 Å². The molecule has 1 unspecified atom stereocenters. The summed E-state index contributed by atoms with van der Waals surface area (Å²) in [5.41, 5.74) is 0. The van der Waals surface area contributed by atoms with Crippen LogP contribution in [0.3, 0.4) is 0 Å². The summed E-state index contributed by atoms with van der Waals surface area (Å²) in [6, 6.07) is 1.19. The van der Waals surface area contributed by atoms with Crippen LogP contribution in [-0.4, -0.2) is 23.5 Å². The van der Waals surface area contributed by atoms with E-state index in [1.807, 2.05) is 41.5 Å². The van der Waals surface area contributed by atoms with Gasteiger partial charge >= 0.3 is 0 Å². The number of hydrogen-bond acceptors (Lipinski definition) is 1. The van der Waals surface area contributed by atoms with Crippen LogP contribution in [0.4, 0.5) is 0 Å². The lowest BCUT2D eigenvalue weighted by Gasteiger charge is -2.32. The first kappa shape index (κ1) is 26.3. The Labute approximate surface area is 119 Å². The van der Waals surface area contributed by atoms with E-state index in [0.29, 0.717) is 12.1 Å². The topological polar surface area (TPSA) is 3.24 Å². The van der Waals surface area contributed by atoms with Crippen LogP contribution in [0.2, 0.25) is 0 Å². The largest absolute Gasteiger partial charge is 0.295 e. The van der Waals surface area contributed by atoms with Crippen LogP contribution in [0, 0.1) is 0 Å². The molecular formula is C17H41N. The SMILES string of the molecule is C=CC(CC)N(CCC)C(C)C.CC.CC.CC. The maximum Gasteiger partial charge on any atom is 0.0275 e. The maximum absolute atomic E-state index is 3.88. The molecule has 0 aromatic heterocycles. The van der Waals surface area contributed by atoms with Crippen molar-refractivity contribution >= 4 is 0 Å². The molecule has 18 heavy (non-hydrogen) atoms. The quantitative estimate of drug-likeness (QED) is 0.517. The Bertz CT molecular complexity index is 119. The molecule has 114 valence electrons. The van der Waals surface area contributed by atoms with Gasteiger partial charge in [-0.15, -0.1) is 6.58 Å². The van der Waals surface area contributed by atoms with Gasteiger partial charge in [0, 0.05) is 12.1 Å². The molecule has 0 heterocycles. The van der Waals surface area contributed by atoms with Crippen molar-refractivity contribution in [3.63, 3.8) is 0 Å². The molecule has 0 aliphatic carbocycles. The summed E-state index contributed by atoms with van der Waals surface area (Å²) in [6.45, 7) is 26.0. The molecule has 0 aliphatic heterocycles. The first-order valence-electron chi connectivity index (χ1n) is 8.05. The average molecular weight is 260 g/mol. The normalized spacial score (nSPS) is 10.2. The van der Waals surface area contributed by atoms with Crippen molar-refractivity contribution in [1.29, 1.82) is 0 Å². The molecule has 0 bridgehead atoms. The Morgan fingerprint density at radius 3 is 1.50 bits per heavy atom. The average Bonchev–Trinajstić information content (AvgIpc) is 2.45. The predicted octanol–water partition coefficient (Wildman–Crippen LogP) is 6.15. The van der Waals surface area contributed by atoms with Crippen LogP contribution in [0.1, 0.15) is 82.1 Å². The molecule has 0 radical (unpaired) electrons. The van der Waals surface area contributed by atoms with Gasteiger partial charge in [-0.05, 0) is 33.2 Å². The standard InChI is InChI=1S/C11H23N.3C2H6/c1-6-9-12(10(4)5)11(7-2)8-3;3*1-2/h7,10-11H,2,6,8-9H2,1,3-5H3;3*1-2H3. The van der Waals surface area contributed by atoms with Gasteiger partial charge in [0.25, 0.3) is 0 Å². The number of rotatable bonds is 6. The zero-order valence-corrected chi connectivity index (χ0v) is 15.0. The van der Waals surface area contributed by atoms with E-state index in [1.54, 1.807) is 0 Å². The molecule has 0 aromatic carbocycles. The van der Waals surface area contributed by atoms with E-state index >= 15 is 0 Å². The summed E-state index contributed by atoms with van der Waals surface area (Å²) in [5.74, 6) is 0. The highest BCUT2D eigenvalue weighted by atomic mass is 15.2. The van der Waals surface area contributed by atoms with E-state index in [0.717, 1.165) is 0 Å². The van der Waals surface area contributed by atoms with Crippen LogP contribution >= 0.6 is 0 Å². The van der Waals surface area contributed by atoms with Gasteiger partial charge in [-0.25, -0.2) is 0 Å². The molecule has 0 aliphatic rings.